The van der Waals surface area contributed by atoms with Gasteiger partial charge in [-0.2, -0.15) is 0 Å². The number of aromatic nitrogens is 1. The third kappa shape index (κ3) is 2.98. The summed E-state index contributed by atoms with van der Waals surface area (Å²) in [5, 5.41) is 8.85. The van der Waals surface area contributed by atoms with Crippen molar-refractivity contribution in [2.45, 2.75) is 25.3 Å². The highest BCUT2D eigenvalue weighted by molar-refractivity contribution is 6.32. The number of hydrogen-bond acceptors (Lipinski definition) is 3. The highest BCUT2D eigenvalue weighted by Crippen LogP contribution is 2.29. The quantitative estimate of drug-likeness (QED) is 0.827. The van der Waals surface area contributed by atoms with Crippen molar-refractivity contribution < 1.29 is 14.7 Å². The van der Waals surface area contributed by atoms with E-state index in [1.54, 1.807) is 17.0 Å². The summed E-state index contributed by atoms with van der Waals surface area (Å²) in [4.78, 5) is 28.3. The second kappa shape index (κ2) is 5.35. The summed E-state index contributed by atoms with van der Waals surface area (Å²) in [6.45, 7) is 0.212. The summed E-state index contributed by atoms with van der Waals surface area (Å²) in [6.07, 6.45) is 3.30. The van der Waals surface area contributed by atoms with E-state index < -0.39 is 5.97 Å². The van der Waals surface area contributed by atoms with Gasteiger partial charge in [0.15, 0.2) is 0 Å². The maximum Gasteiger partial charge on any atom is 0.305 e. The Balaban J connectivity index is 2.13. The number of aliphatic carboxylic acids is 1. The molecule has 1 fully saturated rings. The van der Waals surface area contributed by atoms with Gasteiger partial charge in [-0.3, -0.25) is 9.59 Å². The number of carbonyl (C=O) groups excluding carboxylic acids is 1. The van der Waals surface area contributed by atoms with E-state index in [0.29, 0.717) is 5.56 Å². The molecule has 18 heavy (non-hydrogen) atoms. The fourth-order valence-corrected chi connectivity index (χ4v) is 1.95. The number of hydrogen-bond donors (Lipinski definition) is 1. The summed E-state index contributed by atoms with van der Waals surface area (Å²) >= 11 is 5.88. The minimum atomic E-state index is -0.911. The van der Waals surface area contributed by atoms with Crippen molar-refractivity contribution in [2.75, 3.05) is 6.54 Å². The molecule has 0 atom stereocenters. The van der Waals surface area contributed by atoms with Gasteiger partial charge in [-0.1, -0.05) is 11.6 Å². The van der Waals surface area contributed by atoms with Gasteiger partial charge < -0.3 is 10.0 Å². The smallest absolute Gasteiger partial charge is 0.305 e. The van der Waals surface area contributed by atoms with Crippen molar-refractivity contribution in [3.8, 4) is 0 Å². The summed E-state index contributed by atoms with van der Waals surface area (Å²) in [6, 6.07) is 3.39. The highest BCUT2D eigenvalue weighted by Gasteiger charge is 2.33. The molecule has 0 bridgehead atoms. The van der Waals surface area contributed by atoms with Gasteiger partial charge in [-0.25, -0.2) is 4.98 Å². The van der Waals surface area contributed by atoms with Crippen LogP contribution in [-0.4, -0.2) is 39.5 Å². The molecule has 5 nitrogen and oxygen atoms in total. The first-order valence-electron chi connectivity index (χ1n) is 5.73. The molecule has 1 aliphatic carbocycles. The van der Waals surface area contributed by atoms with E-state index in [-0.39, 0.29) is 30.1 Å². The lowest BCUT2D eigenvalue weighted by molar-refractivity contribution is -0.137. The van der Waals surface area contributed by atoms with Crippen LogP contribution in [0.2, 0.25) is 5.15 Å². The van der Waals surface area contributed by atoms with Crippen LogP contribution in [0.3, 0.4) is 0 Å². The molecule has 0 saturated heterocycles. The fraction of sp³-hybridized carbons (Fsp3) is 0.417. The second-order valence-corrected chi connectivity index (χ2v) is 4.57. The van der Waals surface area contributed by atoms with E-state index in [0.717, 1.165) is 12.8 Å². The topological polar surface area (TPSA) is 70.5 Å². The molecular weight excluding hydrogens is 256 g/mol. The first-order valence-corrected chi connectivity index (χ1v) is 6.10. The zero-order valence-electron chi connectivity index (χ0n) is 9.67. The number of halogens is 1. The molecule has 6 heteroatoms. The average Bonchev–Trinajstić information content (AvgIpc) is 3.13. The van der Waals surface area contributed by atoms with Crippen molar-refractivity contribution >= 4 is 23.5 Å². The summed E-state index contributed by atoms with van der Waals surface area (Å²) in [5.74, 6) is -1.15. The number of carboxylic acid groups (broad SMARTS) is 1. The number of carboxylic acids is 1. The van der Waals surface area contributed by atoms with Crippen LogP contribution in [-0.2, 0) is 4.79 Å². The van der Waals surface area contributed by atoms with Gasteiger partial charge in [0, 0.05) is 18.8 Å². The maximum absolute atomic E-state index is 12.3. The summed E-state index contributed by atoms with van der Waals surface area (Å²) in [5.41, 5.74) is 0.330. The number of pyridine rings is 1. The Morgan fingerprint density at radius 1 is 1.50 bits per heavy atom. The van der Waals surface area contributed by atoms with E-state index >= 15 is 0 Å². The predicted molar refractivity (Wildman–Crippen MR) is 65.6 cm³/mol. The fourth-order valence-electron chi connectivity index (χ4n) is 1.75. The van der Waals surface area contributed by atoms with Crippen LogP contribution in [0.5, 0.6) is 0 Å². The van der Waals surface area contributed by atoms with Crippen LogP contribution < -0.4 is 0 Å². The van der Waals surface area contributed by atoms with Gasteiger partial charge >= 0.3 is 5.97 Å². The van der Waals surface area contributed by atoms with Crippen molar-refractivity contribution in [3.63, 3.8) is 0 Å². The van der Waals surface area contributed by atoms with Gasteiger partial charge in [-0.15, -0.1) is 0 Å². The lowest BCUT2D eigenvalue weighted by atomic mass is 10.2. The van der Waals surface area contributed by atoms with Crippen molar-refractivity contribution in [3.05, 3.63) is 29.0 Å². The molecule has 2 rings (SSSR count). The first kappa shape index (κ1) is 12.8. The maximum atomic E-state index is 12.3. The standard InChI is InChI=1S/C12H13ClN2O3/c13-11-9(2-1-6-14-11)12(18)15(8-3-4-8)7-5-10(16)17/h1-2,6,8H,3-5,7H2,(H,16,17). The number of amides is 1. The van der Waals surface area contributed by atoms with Crippen LogP contribution in [0.4, 0.5) is 0 Å². The highest BCUT2D eigenvalue weighted by atomic mass is 35.5. The van der Waals surface area contributed by atoms with E-state index in [2.05, 4.69) is 4.98 Å². The molecular formula is C12H13ClN2O3. The predicted octanol–water partition coefficient (Wildman–Crippen LogP) is 1.81. The Morgan fingerprint density at radius 3 is 2.78 bits per heavy atom. The average molecular weight is 269 g/mol. The summed E-state index contributed by atoms with van der Waals surface area (Å²) in [7, 11) is 0. The largest absolute Gasteiger partial charge is 0.481 e. The Kier molecular flexibility index (Phi) is 3.81. The molecule has 0 spiro atoms. The Labute approximate surface area is 109 Å². The molecule has 96 valence electrons. The first-order chi connectivity index (χ1) is 8.59. The van der Waals surface area contributed by atoms with Crippen LogP contribution in [0.25, 0.3) is 0 Å². The molecule has 1 N–H and O–H groups in total. The monoisotopic (exact) mass is 268 g/mol. The van der Waals surface area contributed by atoms with Crippen molar-refractivity contribution in [2.24, 2.45) is 0 Å². The van der Waals surface area contributed by atoms with E-state index in [4.69, 9.17) is 16.7 Å². The van der Waals surface area contributed by atoms with E-state index in [1.807, 2.05) is 0 Å². The van der Waals surface area contributed by atoms with Gasteiger partial charge in [0.05, 0.1) is 12.0 Å². The third-order valence-corrected chi connectivity index (χ3v) is 3.11. The second-order valence-electron chi connectivity index (χ2n) is 4.22. The number of carbonyl (C=O) groups is 2. The van der Waals surface area contributed by atoms with Crippen LogP contribution in [0, 0.1) is 0 Å². The minimum absolute atomic E-state index is 0.0554. The van der Waals surface area contributed by atoms with Crippen LogP contribution in [0.15, 0.2) is 18.3 Å². The molecule has 1 saturated carbocycles. The molecule has 0 radical (unpaired) electrons. The molecule has 1 aromatic rings. The van der Waals surface area contributed by atoms with Crippen molar-refractivity contribution in [1.29, 1.82) is 0 Å². The molecule has 0 aromatic carbocycles. The van der Waals surface area contributed by atoms with Gasteiger partial charge in [0.25, 0.3) is 5.91 Å². The Bertz CT molecular complexity index is 474. The summed E-state index contributed by atoms with van der Waals surface area (Å²) < 4.78 is 0. The lowest BCUT2D eigenvalue weighted by Crippen LogP contribution is -2.35. The molecule has 1 aliphatic rings. The molecule has 0 unspecified atom stereocenters. The minimum Gasteiger partial charge on any atom is -0.481 e. The number of nitrogens with zero attached hydrogens (tertiary/aromatic N) is 2. The number of rotatable bonds is 5. The zero-order valence-corrected chi connectivity index (χ0v) is 10.4. The van der Waals surface area contributed by atoms with E-state index in [9.17, 15) is 9.59 Å². The third-order valence-electron chi connectivity index (χ3n) is 2.80. The van der Waals surface area contributed by atoms with Gasteiger partial charge in [0.2, 0.25) is 0 Å². The SMILES string of the molecule is O=C(O)CCN(C(=O)c1cccnc1Cl)C1CC1. The van der Waals surface area contributed by atoms with Crippen molar-refractivity contribution in [1.82, 2.24) is 9.88 Å². The normalized spacial score (nSPS) is 14.3. The van der Waals surface area contributed by atoms with Crippen LogP contribution >= 0.6 is 11.6 Å². The molecule has 1 aromatic heterocycles. The van der Waals surface area contributed by atoms with E-state index in [1.165, 1.54) is 6.20 Å². The molecule has 0 aliphatic heterocycles. The lowest BCUT2D eigenvalue weighted by Gasteiger charge is -2.21. The molecule has 1 heterocycles. The molecule has 1 amide bonds. The van der Waals surface area contributed by atoms with Gasteiger partial charge in [-0.05, 0) is 25.0 Å². The Morgan fingerprint density at radius 2 is 2.22 bits per heavy atom. The van der Waals surface area contributed by atoms with Gasteiger partial charge in [0.1, 0.15) is 5.15 Å². The van der Waals surface area contributed by atoms with Crippen LogP contribution in [0.1, 0.15) is 29.6 Å². The zero-order chi connectivity index (χ0) is 13.1. The Hall–Kier alpha value is -1.62.